The molecule has 2 heterocycles. The Morgan fingerprint density at radius 1 is 0.167 bits per heavy atom. The van der Waals surface area contributed by atoms with Crippen molar-refractivity contribution < 1.29 is 0 Å². The third-order valence-electron chi connectivity index (χ3n) is 6.71. The molecule has 0 amide bonds. The van der Waals surface area contributed by atoms with Crippen molar-refractivity contribution in [2.24, 2.45) is 0 Å². The zero-order valence-electron chi connectivity index (χ0n) is 32.5. The Kier molecular flexibility index (Phi) is 12.2. The molecule has 250 valence electrons. The predicted octanol–water partition coefficient (Wildman–Crippen LogP) is 20.2. The van der Waals surface area contributed by atoms with E-state index in [2.05, 4.69) is 166 Å². The molecule has 0 aromatic carbocycles. The fourth-order valence-electron chi connectivity index (χ4n) is 5.57. The molecule has 0 spiro atoms. The standard InChI is InChI=1S/C32H72P10/c1-25(2,3)33-34(26(4,5)6)38(30(16,17)18)41(37(33)29(13,14)15)42-39(31(19,20)21)35(27(7,8)9)36(28(10,11)12)40(42)32(22,23)24/h1-24H3. The van der Waals surface area contributed by atoms with E-state index in [9.17, 15) is 0 Å². The van der Waals surface area contributed by atoms with Gasteiger partial charge in [0, 0.05) is 41.2 Å². The van der Waals surface area contributed by atoms with Crippen LogP contribution in [0.2, 0.25) is 0 Å². The van der Waals surface area contributed by atoms with E-state index in [0.29, 0.717) is 41.2 Å². The van der Waals surface area contributed by atoms with Gasteiger partial charge < -0.3 is 0 Å². The SMILES string of the molecule is CC(C)(C)p1p(-p2p(C(C)(C)C)p(C(C)(C)C)p(C(C)(C)C)p2C(C)(C)C)p(C(C)(C)C)p(C(C)(C)C)p1C(C)(C)C. The summed E-state index contributed by atoms with van der Waals surface area (Å²) in [6, 6.07) is 0. The minimum absolute atomic E-state index is 0.00411. The zero-order valence-corrected chi connectivity index (χ0v) is 41.4. The normalized spacial score (nSPS) is 19.4. The van der Waals surface area contributed by atoms with Crippen molar-refractivity contribution in [3.05, 3.63) is 0 Å². The fraction of sp³-hybridized carbons (Fsp3) is 1.00. The van der Waals surface area contributed by atoms with Gasteiger partial charge in [0.15, 0.2) is 0 Å². The minimum atomic E-state index is -0.00747. The molecule has 0 N–H and O–H groups in total. The molecular weight excluding hydrogens is 694 g/mol. The van der Waals surface area contributed by atoms with E-state index in [1.54, 1.807) is 0 Å². The van der Waals surface area contributed by atoms with E-state index < -0.39 is 0 Å². The number of hydrogen-bond donors (Lipinski definition) is 0. The second kappa shape index (κ2) is 12.4. The molecule has 2 aromatic rings. The van der Waals surface area contributed by atoms with Crippen molar-refractivity contribution in [3.63, 3.8) is 0 Å². The molecule has 0 aliphatic rings. The molecule has 2 aromatic heterocycles. The Morgan fingerprint density at radius 3 is 0.333 bits per heavy atom. The molecule has 8 unspecified atom stereocenters. The molecular formula is C32H72P10. The monoisotopic (exact) mass is 766 g/mol. The first kappa shape index (κ1) is 41.2. The van der Waals surface area contributed by atoms with Gasteiger partial charge >= 0.3 is 0 Å². The van der Waals surface area contributed by atoms with Crippen molar-refractivity contribution in [3.8, 4) is 0 Å². The Labute approximate surface area is 274 Å². The van der Waals surface area contributed by atoms with Gasteiger partial charge in [-0.2, -0.15) is 0 Å². The van der Waals surface area contributed by atoms with Crippen LogP contribution >= 0.6 is 68.3 Å². The summed E-state index contributed by atoms with van der Waals surface area (Å²) in [7, 11) is 0. The summed E-state index contributed by atoms with van der Waals surface area (Å²) < 4.78 is 0. The zero-order chi connectivity index (χ0) is 33.8. The second-order valence-corrected chi connectivity index (χ2v) is 76.3. The van der Waals surface area contributed by atoms with Crippen molar-refractivity contribution >= 4 is 68.3 Å². The first-order chi connectivity index (χ1) is 18.0. The first-order valence-corrected chi connectivity index (χ1v) is 37.2. The van der Waals surface area contributed by atoms with E-state index >= 15 is 0 Å². The van der Waals surface area contributed by atoms with Crippen LogP contribution in [0.3, 0.4) is 0 Å². The topological polar surface area (TPSA) is 0 Å². The minimum Gasteiger partial charge on any atom is -0.0690 e. The summed E-state index contributed by atoms with van der Waals surface area (Å²) in [6.45, 7) is 65.1. The molecule has 0 aliphatic heterocycles. The van der Waals surface area contributed by atoms with Gasteiger partial charge in [0.05, 0.1) is 0 Å². The fourth-order valence-corrected chi connectivity index (χ4v) is 233. The van der Waals surface area contributed by atoms with Crippen molar-refractivity contribution in [1.29, 1.82) is 0 Å². The van der Waals surface area contributed by atoms with Crippen LogP contribution in [-0.4, -0.2) is 0 Å². The Morgan fingerprint density at radius 2 is 0.262 bits per heavy atom. The number of hydrogen-bond acceptors (Lipinski definition) is 0. The van der Waals surface area contributed by atoms with Gasteiger partial charge in [0.1, 0.15) is 0 Å². The van der Waals surface area contributed by atoms with Crippen LogP contribution in [0.25, 0.3) is 0 Å². The van der Waals surface area contributed by atoms with Crippen LogP contribution in [0.1, 0.15) is 166 Å². The molecule has 0 aliphatic carbocycles. The molecule has 0 radical (unpaired) electrons. The molecule has 42 heavy (non-hydrogen) atoms. The summed E-state index contributed by atoms with van der Waals surface area (Å²) in [5.41, 5.74) is 0. The Bertz CT molecular complexity index is 1110. The maximum atomic E-state index is 2.73. The largest absolute Gasteiger partial charge is 0.0690 e. The highest BCUT2D eigenvalue weighted by Gasteiger charge is 2.47. The summed E-state index contributed by atoms with van der Waals surface area (Å²) in [5.74, 6) is 0. The van der Waals surface area contributed by atoms with E-state index in [-0.39, 0.29) is 68.3 Å². The van der Waals surface area contributed by atoms with Crippen LogP contribution in [0.15, 0.2) is 0 Å². The summed E-state index contributed by atoms with van der Waals surface area (Å²) in [5, 5.41) is 3.59. The van der Waals surface area contributed by atoms with Gasteiger partial charge in [-0.3, -0.25) is 0 Å². The van der Waals surface area contributed by atoms with Gasteiger partial charge in [-0.25, -0.2) is 0 Å². The van der Waals surface area contributed by atoms with Crippen molar-refractivity contribution in [2.75, 3.05) is 0 Å². The predicted molar refractivity (Wildman–Crippen MR) is 226 cm³/mol. The van der Waals surface area contributed by atoms with Gasteiger partial charge in [0.25, 0.3) is 0 Å². The average molecular weight is 767 g/mol. The Hall–Kier alpha value is 3.00. The van der Waals surface area contributed by atoms with Crippen LogP contribution in [0.5, 0.6) is 0 Å². The average Bonchev–Trinajstić information content (AvgIpc) is 3.20. The van der Waals surface area contributed by atoms with E-state index in [1.165, 1.54) is 0 Å². The van der Waals surface area contributed by atoms with E-state index in [4.69, 9.17) is 0 Å². The lowest BCUT2D eigenvalue weighted by Crippen LogP contribution is -2.07. The lowest BCUT2D eigenvalue weighted by atomic mass is 10.3. The van der Waals surface area contributed by atoms with Gasteiger partial charge in [-0.1, -0.05) is 221 Å². The van der Waals surface area contributed by atoms with Crippen LogP contribution < -0.4 is 0 Å². The molecule has 0 nitrogen and oxygen atoms in total. The van der Waals surface area contributed by atoms with Crippen molar-refractivity contribution in [1.82, 2.24) is 0 Å². The molecule has 10 heteroatoms. The molecule has 8 atom stereocenters. The number of rotatable bonds is 1. The first-order valence-electron chi connectivity index (χ1n) is 16.0. The van der Waals surface area contributed by atoms with Gasteiger partial charge in [0.2, 0.25) is 0 Å². The van der Waals surface area contributed by atoms with Crippen LogP contribution in [0.4, 0.5) is 0 Å². The van der Waals surface area contributed by atoms with Crippen LogP contribution in [-0.2, 0) is 41.2 Å². The highest BCUT2D eigenvalue weighted by molar-refractivity contribution is 8.98. The van der Waals surface area contributed by atoms with Crippen molar-refractivity contribution in [2.45, 2.75) is 207 Å². The van der Waals surface area contributed by atoms with Gasteiger partial charge in [-0.05, 0) is 13.2 Å². The quantitative estimate of drug-likeness (QED) is 0.271. The van der Waals surface area contributed by atoms with E-state index in [1.807, 2.05) is 0 Å². The maximum absolute atomic E-state index is 2.73. The smallest absolute Gasteiger partial charge is 0.00835 e. The molecule has 0 bridgehead atoms. The van der Waals surface area contributed by atoms with Crippen LogP contribution in [0, 0.1) is 0 Å². The lowest BCUT2D eigenvalue weighted by Gasteiger charge is -2.34. The third-order valence-corrected chi connectivity index (χ3v) is 128. The van der Waals surface area contributed by atoms with E-state index in [0.717, 1.165) is 0 Å². The Balaban J connectivity index is 3.83. The second-order valence-electron chi connectivity index (χ2n) is 20.2. The molecule has 0 fully saturated rings. The summed E-state index contributed by atoms with van der Waals surface area (Å²) >= 11 is 0. The molecule has 0 saturated carbocycles. The highest BCUT2D eigenvalue weighted by atomic mass is 33.0. The highest BCUT2D eigenvalue weighted by Crippen LogP contribution is 3.12. The summed E-state index contributed by atoms with van der Waals surface area (Å²) in [6.07, 6.45) is 0. The molecule has 0 saturated heterocycles. The summed E-state index contributed by atoms with van der Waals surface area (Å²) in [4.78, 5) is 0. The lowest BCUT2D eigenvalue weighted by molar-refractivity contribution is 0.705. The molecule has 2 rings (SSSR count). The maximum Gasteiger partial charge on any atom is 0.00835 e. The third kappa shape index (κ3) is 8.40. The van der Waals surface area contributed by atoms with Gasteiger partial charge in [-0.15, -0.1) is 0 Å².